The Kier molecular flexibility index (Phi) is 4.60. The Bertz CT molecular complexity index is 498. The number of halogens is 1. The summed E-state index contributed by atoms with van der Waals surface area (Å²) in [6, 6.07) is 2.90. The zero-order valence-electron chi connectivity index (χ0n) is 12.1. The van der Waals surface area contributed by atoms with E-state index in [-0.39, 0.29) is 11.6 Å². The summed E-state index contributed by atoms with van der Waals surface area (Å²) in [5, 5.41) is 2.84. The van der Waals surface area contributed by atoms with E-state index in [1.165, 1.54) is 25.0 Å². The van der Waals surface area contributed by atoms with Gasteiger partial charge in [0, 0.05) is 18.3 Å². The fourth-order valence-corrected chi connectivity index (χ4v) is 2.66. The molecule has 0 radical (unpaired) electrons. The molecule has 1 aliphatic rings. The van der Waals surface area contributed by atoms with Gasteiger partial charge in [-0.3, -0.25) is 4.79 Å². The Balaban J connectivity index is 2.00. The molecule has 0 spiro atoms. The van der Waals surface area contributed by atoms with E-state index in [1.807, 2.05) is 6.92 Å². The van der Waals surface area contributed by atoms with Crippen LogP contribution in [0.3, 0.4) is 0 Å². The Morgan fingerprint density at radius 2 is 2.10 bits per heavy atom. The Morgan fingerprint density at radius 3 is 2.75 bits per heavy atom. The van der Waals surface area contributed by atoms with Gasteiger partial charge in [-0.15, -0.1) is 0 Å². The standard InChI is InChI=1S/C15H22FN3O/c1-10-7-12(17)8-13(14(10)16)15(20)18-11(2)9-19-5-3-4-6-19/h7-8,11H,3-6,9,17H2,1-2H3,(H,18,20). The van der Waals surface area contributed by atoms with Crippen LogP contribution in [0.1, 0.15) is 35.7 Å². The number of carbonyl (C=O) groups is 1. The van der Waals surface area contributed by atoms with E-state index in [0.29, 0.717) is 11.3 Å². The van der Waals surface area contributed by atoms with E-state index in [2.05, 4.69) is 10.2 Å². The number of hydrogen-bond acceptors (Lipinski definition) is 3. The van der Waals surface area contributed by atoms with Crippen molar-refractivity contribution in [3.63, 3.8) is 0 Å². The third kappa shape index (κ3) is 3.48. The van der Waals surface area contributed by atoms with Gasteiger partial charge in [0.25, 0.3) is 5.91 Å². The summed E-state index contributed by atoms with van der Waals surface area (Å²) < 4.78 is 14.0. The van der Waals surface area contributed by atoms with Crippen LogP contribution in [-0.2, 0) is 0 Å². The number of nitrogens with one attached hydrogen (secondary N) is 1. The second kappa shape index (κ2) is 6.22. The summed E-state index contributed by atoms with van der Waals surface area (Å²) in [4.78, 5) is 14.4. The lowest BCUT2D eigenvalue weighted by Crippen LogP contribution is -2.41. The van der Waals surface area contributed by atoms with Crippen LogP contribution < -0.4 is 11.1 Å². The Hall–Kier alpha value is -1.62. The van der Waals surface area contributed by atoms with Gasteiger partial charge in [-0.1, -0.05) is 0 Å². The van der Waals surface area contributed by atoms with E-state index >= 15 is 0 Å². The molecular weight excluding hydrogens is 257 g/mol. The Labute approximate surface area is 119 Å². The van der Waals surface area contributed by atoms with Gasteiger partial charge in [-0.05, 0) is 57.5 Å². The van der Waals surface area contributed by atoms with Crippen LogP contribution in [0.25, 0.3) is 0 Å². The Morgan fingerprint density at radius 1 is 1.45 bits per heavy atom. The maximum Gasteiger partial charge on any atom is 0.254 e. The number of aryl methyl sites for hydroxylation is 1. The van der Waals surface area contributed by atoms with Crippen LogP contribution >= 0.6 is 0 Å². The predicted octanol–water partition coefficient (Wildman–Crippen LogP) is 1.93. The van der Waals surface area contributed by atoms with Crippen LogP contribution in [0.4, 0.5) is 10.1 Å². The maximum absolute atomic E-state index is 14.0. The summed E-state index contributed by atoms with van der Waals surface area (Å²) in [6.07, 6.45) is 2.42. The largest absolute Gasteiger partial charge is 0.399 e. The van der Waals surface area contributed by atoms with Gasteiger partial charge in [-0.2, -0.15) is 0 Å². The topological polar surface area (TPSA) is 58.4 Å². The second-order valence-electron chi connectivity index (χ2n) is 5.58. The molecule has 1 aromatic rings. The molecule has 1 aliphatic heterocycles. The van der Waals surface area contributed by atoms with Crippen molar-refractivity contribution < 1.29 is 9.18 Å². The van der Waals surface area contributed by atoms with Gasteiger partial charge >= 0.3 is 0 Å². The molecule has 0 saturated carbocycles. The fraction of sp³-hybridized carbons (Fsp3) is 0.533. The molecular formula is C15H22FN3O. The summed E-state index contributed by atoms with van der Waals surface area (Å²) in [5.74, 6) is -0.894. The van der Waals surface area contributed by atoms with E-state index in [1.54, 1.807) is 6.92 Å². The normalized spacial score (nSPS) is 17.1. The minimum Gasteiger partial charge on any atom is -0.399 e. The minimum atomic E-state index is -0.495. The molecule has 1 atom stereocenters. The molecule has 4 nitrogen and oxygen atoms in total. The van der Waals surface area contributed by atoms with Crippen molar-refractivity contribution in [1.29, 1.82) is 0 Å². The second-order valence-corrected chi connectivity index (χ2v) is 5.58. The first-order valence-corrected chi connectivity index (χ1v) is 7.06. The number of anilines is 1. The van der Waals surface area contributed by atoms with Crippen LogP contribution in [0.5, 0.6) is 0 Å². The van der Waals surface area contributed by atoms with Crippen molar-refractivity contribution in [2.24, 2.45) is 0 Å². The summed E-state index contributed by atoms with van der Waals surface area (Å²) in [5.41, 5.74) is 6.49. The zero-order valence-corrected chi connectivity index (χ0v) is 12.1. The highest BCUT2D eigenvalue weighted by Gasteiger charge is 2.19. The predicted molar refractivity (Wildman–Crippen MR) is 78.2 cm³/mol. The van der Waals surface area contributed by atoms with Crippen molar-refractivity contribution >= 4 is 11.6 Å². The number of likely N-dealkylation sites (tertiary alicyclic amines) is 1. The molecule has 0 aliphatic carbocycles. The number of amides is 1. The van der Waals surface area contributed by atoms with Gasteiger partial charge in [-0.25, -0.2) is 4.39 Å². The van der Waals surface area contributed by atoms with Gasteiger partial charge in [0.05, 0.1) is 5.56 Å². The molecule has 1 fully saturated rings. The molecule has 0 aromatic heterocycles. The van der Waals surface area contributed by atoms with E-state index in [0.717, 1.165) is 19.6 Å². The zero-order chi connectivity index (χ0) is 14.7. The van der Waals surface area contributed by atoms with Crippen molar-refractivity contribution in [1.82, 2.24) is 10.2 Å². The van der Waals surface area contributed by atoms with Gasteiger partial charge in [0.2, 0.25) is 0 Å². The maximum atomic E-state index is 14.0. The molecule has 110 valence electrons. The number of nitrogens with zero attached hydrogens (tertiary/aromatic N) is 1. The molecule has 1 unspecified atom stereocenters. The van der Waals surface area contributed by atoms with Crippen LogP contribution in [0.2, 0.25) is 0 Å². The summed E-state index contributed by atoms with van der Waals surface area (Å²) in [6.45, 7) is 6.50. The highest BCUT2D eigenvalue weighted by atomic mass is 19.1. The first kappa shape index (κ1) is 14.8. The average molecular weight is 279 g/mol. The van der Waals surface area contributed by atoms with Crippen LogP contribution in [-0.4, -0.2) is 36.5 Å². The van der Waals surface area contributed by atoms with Crippen molar-refractivity contribution in [2.45, 2.75) is 32.7 Å². The number of nitrogen functional groups attached to an aromatic ring is 1. The molecule has 1 heterocycles. The molecule has 1 saturated heterocycles. The van der Waals surface area contributed by atoms with Crippen molar-refractivity contribution in [3.8, 4) is 0 Å². The van der Waals surface area contributed by atoms with Crippen molar-refractivity contribution in [3.05, 3.63) is 29.1 Å². The number of rotatable bonds is 4. The highest BCUT2D eigenvalue weighted by molar-refractivity contribution is 5.95. The number of nitrogens with two attached hydrogens (primary N) is 1. The lowest BCUT2D eigenvalue weighted by Gasteiger charge is -2.21. The molecule has 5 heteroatoms. The first-order chi connectivity index (χ1) is 9.47. The smallest absolute Gasteiger partial charge is 0.254 e. The molecule has 3 N–H and O–H groups in total. The lowest BCUT2D eigenvalue weighted by atomic mass is 10.1. The van der Waals surface area contributed by atoms with Gasteiger partial charge in [0.1, 0.15) is 5.82 Å². The molecule has 1 aromatic carbocycles. The van der Waals surface area contributed by atoms with E-state index < -0.39 is 11.7 Å². The number of benzene rings is 1. The van der Waals surface area contributed by atoms with E-state index in [9.17, 15) is 9.18 Å². The number of carbonyl (C=O) groups excluding carboxylic acids is 1. The monoisotopic (exact) mass is 279 g/mol. The molecule has 1 amide bonds. The SMILES string of the molecule is Cc1cc(N)cc(C(=O)NC(C)CN2CCCC2)c1F. The third-order valence-corrected chi connectivity index (χ3v) is 3.63. The molecule has 20 heavy (non-hydrogen) atoms. The van der Waals surface area contributed by atoms with E-state index in [4.69, 9.17) is 5.73 Å². The fourth-order valence-electron chi connectivity index (χ4n) is 2.66. The van der Waals surface area contributed by atoms with Gasteiger partial charge < -0.3 is 16.0 Å². The lowest BCUT2D eigenvalue weighted by molar-refractivity contribution is 0.0927. The van der Waals surface area contributed by atoms with Crippen molar-refractivity contribution in [2.75, 3.05) is 25.4 Å². The van der Waals surface area contributed by atoms with Gasteiger partial charge in [0.15, 0.2) is 0 Å². The molecule has 2 rings (SSSR count). The molecule has 0 bridgehead atoms. The van der Waals surface area contributed by atoms with Crippen LogP contribution in [0.15, 0.2) is 12.1 Å². The highest BCUT2D eigenvalue weighted by Crippen LogP contribution is 2.17. The third-order valence-electron chi connectivity index (χ3n) is 3.63. The summed E-state index contributed by atoms with van der Waals surface area (Å²) >= 11 is 0. The minimum absolute atomic E-state index is 0.0123. The van der Waals surface area contributed by atoms with Crippen LogP contribution in [0, 0.1) is 12.7 Å². The summed E-state index contributed by atoms with van der Waals surface area (Å²) in [7, 11) is 0. The average Bonchev–Trinajstić information content (AvgIpc) is 2.86. The number of hydrogen-bond donors (Lipinski definition) is 2. The quantitative estimate of drug-likeness (QED) is 0.828. The first-order valence-electron chi connectivity index (χ1n) is 7.06.